The summed E-state index contributed by atoms with van der Waals surface area (Å²) in [6.07, 6.45) is -3.56. The zero-order chi connectivity index (χ0) is 25.1. The first kappa shape index (κ1) is 24.3. The smallest absolute Gasteiger partial charge is 0.337 e. The number of hydrogen-bond donors (Lipinski definition) is 6. The number of aliphatic hydroxyl groups is 6. The van der Waals surface area contributed by atoms with Gasteiger partial charge >= 0.3 is 11.9 Å². The van der Waals surface area contributed by atoms with Crippen LogP contribution in [0.1, 0.15) is 43.7 Å². The molecule has 7 atom stereocenters. The molecule has 3 unspecified atom stereocenters. The van der Waals surface area contributed by atoms with E-state index in [4.69, 9.17) is 9.47 Å². The van der Waals surface area contributed by atoms with E-state index >= 15 is 0 Å². The van der Waals surface area contributed by atoms with Crippen molar-refractivity contribution in [1.29, 1.82) is 0 Å². The van der Waals surface area contributed by atoms with Crippen LogP contribution >= 0.6 is 0 Å². The van der Waals surface area contributed by atoms with Crippen LogP contribution in [0.25, 0.3) is 0 Å². The first-order valence-electron chi connectivity index (χ1n) is 10.5. The normalized spacial score (nSPS) is 34.8. The Kier molecular flexibility index (Phi) is 5.80. The van der Waals surface area contributed by atoms with Gasteiger partial charge in [-0.1, -0.05) is 24.3 Å². The van der Waals surface area contributed by atoms with Gasteiger partial charge in [-0.25, -0.2) is 9.59 Å². The molecule has 0 radical (unpaired) electrons. The summed E-state index contributed by atoms with van der Waals surface area (Å²) in [6, 6.07) is 11.4. The fourth-order valence-electron chi connectivity index (χ4n) is 5.76. The lowest BCUT2D eigenvalue weighted by atomic mass is 9.30. The van der Waals surface area contributed by atoms with Gasteiger partial charge in [0, 0.05) is 5.92 Å². The van der Waals surface area contributed by atoms with E-state index in [1.807, 2.05) is 0 Å². The lowest BCUT2D eigenvalue weighted by Crippen LogP contribution is -2.99. The van der Waals surface area contributed by atoms with Crippen molar-refractivity contribution >= 4 is 11.9 Å². The van der Waals surface area contributed by atoms with Crippen LogP contribution < -0.4 is 0 Å². The van der Waals surface area contributed by atoms with Crippen molar-refractivity contribution in [2.45, 2.75) is 40.8 Å². The quantitative estimate of drug-likeness (QED) is 0.287. The number of aliphatic hydroxyl groups excluding tert-OH is 3. The van der Waals surface area contributed by atoms with Gasteiger partial charge in [0.2, 0.25) is 0 Å². The van der Waals surface area contributed by atoms with Gasteiger partial charge in [0.15, 0.2) is 0 Å². The average molecular weight is 474 g/mol. The second-order valence-corrected chi connectivity index (χ2v) is 8.71. The summed E-state index contributed by atoms with van der Waals surface area (Å²) < 4.78 is 9.39. The average Bonchev–Trinajstić information content (AvgIpc) is 2.86. The van der Waals surface area contributed by atoms with Crippen LogP contribution in [0.15, 0.2) is 48.5 Å². The van der Waals surface area contributed by atoms with E-state index in [0.717, 1.165) is 0 Å². The summed E-state index contributed by atoms with van der Waals surface area (Å²) >= 11 is 0. The van der Waals surface area contributed by atoms with Crippen LogP contribution in [0.3, 0.4) is 0 Å². The molecule has 2 aliphatic carbocycles. The predicted octanol–water partition coefficient (Wildman–Crippen LogP) is -0.938. The SMILES string of the molecule is COC(=O)c1cccc(C2C(O)[C@@]3(O)C(c4cccc(C(=O)OC)c4)[C@@](O)([C@H](O)CO)[C@@]23O)c1. The van der Waals surface area contributed by atoms with Crippen molar-refractivity contribution in [1.82, 2.24) is 0 Å². The Hall–Kier alpha value is -2.86. The van der Waals surface area contributed by atoms with Gasteiger partial charge in [0.05, 0.1) is 44.0 Å². The summed E-state index contributed by atoms with van der Waals surface area (Å²) in [4.78, 5) is 23.9. The van der Waals surface area contributed by atoms with E-state index in [0.29, 0.717) is 0 Å². The van der Waals surface area contributed by atoms with E-state index in [1.54, 1.807) is 0 Å². The van der Waals surface area contributed by atoms with E-state index < -0.39 is 59.4 Å². The minimum Gasteiger partial charge on any atom is -0.465 e. The highest BCUT2D eigenvalue weighted by Crippen LogP contribution is 2.75. The van der Waals surface area contributed by atoms with Crippen LogP contribution in [0, 0.1) is 0 Å². The Bertz CT molecular complexity index is 1130. The first-order chi connectivity index (χ1) is 16.0. The largest absolute Gasteiger partial charge is 0.465 e. The maximum Gasteiger partial charge on any atom is 0.337 e. The second kappa shape index (κ2) is 8.12. The number of carbonyl (C=O) groups excluding carboxylic acids is 2. The molecule has 0 spiro atoms. The van der Waals surface area contributed by atoms with Crippen molar-refractivity contribution in [2.24, 2.45) is 0 Å². The van der Waals surface area contributed by atoms with Gasteiger partial charge in [0.25, 0.3) is 0 Å². The third kappa shape index (κ3) is 2.78. The van der Waals surface area contributed by atoms with Crippen molar-refractivity contribution in [2.75, 3.05) is 20.8 Å². The molecule has 0 amide bonds. The summed E-state index contributed by atoms with van der Waals surface area (Å²) in [5.41, 5.74) is -6.87. The maximum absolute atomic E-state index is 12.0. The second-order valence-electron chi connectivity index (χ2n) is 8.71. The number of carbonyl (C=O) groups is 2. The molecule has 0 bridgehead atoms. The molecule has 2 saturated carbocycles. The molecule has 2 aromatic carbocycles. The molecule has 2 aromatic rings. The molecule has 6 N–H and O–H groups in total. The highest BCUT2D eigenvalue weighted by molar-refractivity contribution is 5.90. The predicted molar refractivity (Wildman–Crippen MR) is 115 cm³/mol. The lowest BCUT2D eigenvalue weighted by Gasteiger charge is -2.80. The van der Waals surface area contributed by atoms with E-state index in [1.165, 1.54) is 62.8 Å². The molecular weight excluding hydrogens is 448 g/mol. The molecule has 4 rings (SSSR count). The maximum atomic E-state index is 12.0. The third-order valence-corrected chi connectivity index (χ3v) is 7.31. The number of hydrogen-bond acceptors (Lipinski definition) is 10. The number of fused-ring (bicyclic) bond motifs is 1. The lowest BCUT2D eigenvalue weighted by molar-refractivity contribution is -0.459. The highest BCUT2D eigenvalue weighted by Gasteiger charge is 2.93. The molecular formula is C24H26O10. The van der Waals surface area contributed by atoms with Gasteiger partial charge in [-0.15, -0.1) is 0 Å². The standard InChI is InChI=1S/C24H26O10/c1-33-20(28)14-7-3-5-12(9-14)17-19(27)23(31)18(22(30,16(26)11-25)24(17,23)32)13-6-4-8-15(10-13)21(29)34-2/h3-10,16-19,25-27,30-32H,11H2,1-2H3/t16-,17?,18?,19?,22+,23+,24+/m1/s1. The molecule has 0 aliphatic heterocycles. The molecule has 10 heteroatoms. The third-order valence-electron chi connectivity index (χ3n) is 7.31. The van der Waals surface area contributed by atoms with Crippen LogP contribution in [-0.2, 0) is 9.47 Å². The molecule has 2 fully saturated rings. The molecule has 0 heterocycles. The van der Waals surface area contributed by atoms with E-state index in [-0.39, 0.29) is 22.3 Å². The summed E-state index contributed by atoms with van der Waals surface area (Å²) in [5, 5.41) is 66.1. The van der Waals surface area contributed by atoms with Crippen LogP contribution in [0.4, 0.5) is 0 Å². The fourth-order valence-corrected chi connectivity index (χ4v) is 5.76. The zero-order valence-corrected chi connectivity index (χ0v) is 18.5. The Morgan fingerprint density at radius 2 is 1.44 bits per heavy atom. The fraction of sp³-hybridized carbons (Fsp3) is 0.417. The number of esters is 2. The number of ether oxygens (including phenoxy) is 2. The van der Waals surface area contributed by atoms with Crippen molar-refractivity contribution in [3.63, 3.8) is 0 Å². The minimum absolute atomic E-state index is 0.0796. The minimum atomic E-state index is -2.53. The first-order valence-corrected chi connectivity index (χ1v) is 10.5. The van der Waals surface area contributed by atoms with Crippen molar-refractivity contribution in [3.8, 4) is 0 Å². The molecule has 2 aliphatic rings. The van der Waals surface area contributed by atoms with Crippen LogP contribution in [0.5, 0.6) is 0 Å². The number of methoxy groups -OCH3 is 2. The van der Waals surface area contributed by atoms with Crippen LogP contribution in [-0.4, -0.2) is 92.4 Å². The monoisotopic (exact) mass is 474 g/mol. The highest BCUT2D eigenvalue weighted by atomic mass is 16.5. The van der Waals surface area contributed by atoms with Crippen molar-refractivity contribution < 1.29 is 49.7 Å². The van der Waals surface area contributed by atoms with Gasteiger partial charge in [-0.2, -0.15) is 0 Å². The number of benzene rings is 2. The molecule has 34 heavy (non-hydrogen) atoms. The molecule has 10 nitrogen and oxygen atoms in total. The summed E-state index contributed by atoms with van der Waals surface area (Å²) in [7, 11) is 2.37. The van der Waals surface area contributed by atoms with Gasteiger partial charge in [0.1, 0.15) is 22.9 Å². The molecule has 0 aromatic heterocycles. The molecule has 182 valence electrons. The van der Waals surface area contributed by atoms with E-state index in [9.17, 15) is 40.2 Å². The van der Waals surface area contributed by atoms with Gasteiger partial charge in [-0.05, 0) is 35.4 Å². The van der Waals surface area contributed by atoms with Gasteiger partial charge < -0.3 is 40.1 Å². The van der Waals surface area contributed by atoms with E-state index in [2.05, 4.69) is 0 Å². The Labute approximate surface area is 194 Å². The summed E-state index contributed by atoms with van der Waals surface area (Å²) in [6.45, 7) is -0.965. The van der Waals surface area contributed by atoms with Crippen molar-refractivity contribution in [3.05, 3.63) is 70.8 Å². The summed E-state index contributed by atoms with van der Waals surface area (Å²) in [5.74, 6) is -4.17. The Balaban J connectivity index is 1.83. The van der Waals surface area contributed by atoms with Gasteiger partial charge in [-0.3, -0.25) is 0 Å². The molecule has 0 saturated heterocycles. The topological polar surface area (TPSA) is 174 Å². The zero-order valence-electron chi connectivity index (χ0n) is 18.5. The Morgan fingerprint density at radius 1 is 0.941 bits per heavy atom. The Morgan fingerprint density at radius 3 is 1.94 bits per heavy atom. The van der Waals surface area contributed by atoms with Crippen LogP contribution in [0.2, 0.25) is 0 Å². The number of rotatable bonds is 6.